The Labute approximate surface area is 106 Å². The Morgan fingerprint density at radius 3 is 1.80 bits per heavy atom. The number of nitrogens with two attached hydrogens (primary N) is 1. The number of rotatable bonds is 3. The zero-order valence-electron chi connectivity index (χ0n) is 7.54. The van der Waals surface area contributed by atoms with Crippen molar-refractivity contribution in [3.63, 3.8) is 0 Å². The first-order chi connectivity index (χ1) is 7.24. The van der Waals surface area contributed by atoms with E-state index in [-0.39, 0.29) is 6.04 Å². The van der Waals surface area contributed by atoms with Gasteiger partial charge in [-0.15, -0.1) is 22.7 Å². The molecule has 2 aromatic rings. The molecule has 0 radical (unpaired) electrons. The number of hydrogen-bond acceptors (Lipinski definition) is 4. The second-order valence-electron chi connectivity index (χ2n) is 2.87. The third kappa shape index (κ3) is 2.20. The molecule has 0 saturated carbocycles. The van der Waals surface area contributed by atoms with E-state index in [0.717, 1.165) is 9.75 Å². The fraction of sp³-hybridized carbons (Fsp3) is 0.111. The van der Waals surface area contributed by atoms with Crippen LogP contribution in [0.15, 0.2) is 22.9 Å². The minimum absolute atomic E-state index is 0.120. The molecule has 3 N–H and O–H groups in total. The molecule has 2 heterocycles. The van der Waals surface area contributed by atoms with Crippen LogP contribution in [-0.2, 0) is 0 Å². The summed E-state index contributed by atoms with van der Waals surface area (Å²) in [6.07, 6.45) is 0. The van der Waals surface area contributed by atoms with Gasteiger partial charge in [-0.25, -0.2) is 5.43 Å². The maximum absolute atomic E-state index is 6.06. The van der Waals surface area contributed by atoms with Crippen molar-refractivity contribution in [1.29, 1.82) is 0 Å². The van der Waals surface area contributed by atoms with E-state index < -0.39 is 0 Å². The van der Waals surface area contributed by atoms with Gasteiger partial charge in [-0.3, -0.25) is 5.84 Å². The van der Waals surface area contributed by atoms with E-state index in [1.54, 1.807) is 22.7 Å². The predicted molar refractivity (Wildman–Crippen MR) is 67.8 cm³/mol. The third-order valence-electron chi connectivity index (χ3n) is 1.98. The molecule has 2 nitrogen and oxygen atoms in total. The lowest BCUT2D eigenvalue weighted by Gasteiger charge is -2.13. The van der Waals surface area contributed by atoms with E-state index in [2.05, 4.69) is 5.43 Å². The molecule has 2 aromatic heterocycles. The second kappa shape index (κ2) is 4.82. The van der Waals surface area contributed by atoms with Crippen LogP contribution in [0.2, 0.25) is 10.0 Å². The minimum atomic E-state index is -0.120. The maximum Gasteiger partial charge on any atom is 0.0924 e. The Kier molecular flexibility index (Phi) is 3.66. The van der Waals surface area contributed by atoms with Gasteiger partial charge in [-0.2, -0.15) is 0 Å². The van der Waals surface area contributed by atoms with Crippen LogP contribution in [0.4, 0.5) is 0 Å². The summed E-state index contributed by atoms with van der Waals surface area (Å²) in [4.78, 5) is 1.98. The van der Waals surface area contributed by atoms with Gasteiger partial charge in [0, 0.05) is 9.75 Å². The van der Waals surface area contributed by atoms with Crippen LogP contribution < -0.4 is 11.3 Å². The lowest BCUT2D eigenvalue weighted by atomic mass is 10.2. The van der Waals surface area contributed by atoms with Crippen molar-refractivity contribution < 1.29 is 0 Å². The SMILES string of the molecule is NNC(c1sccc1Cl)c1sccc1Cl. The Bertz CT molecular complexity index is 412. The van der Waals surface area contributed by atoms with Crippen LogP contribution in [0.1, 0.15) is 15.8 Å². The van der Waals surface area contributed by atoms with Gasteiger partial charge < -0.3 is 0 Å². The van der Waals surface area contributed by atoms with Gasteiger partial charge in [0.1, 0.15) is 0 Å². The summed E-state index contributed by atoms with van der Waals surface area (Å²) in [5.74, 6) is 5.54. The standard InChI is InChI=1S/C9H8Cl2N2S2/c10-5-1-3-14-8(5)7(13-12)9-6(11)2-4-15-9/h1-4,7,13H,12H2. The smallest absolute Gasteiger partial charge is 0.0924 e. The molecular formula is C9H8Cl2N2S2. The number of hydrogen-bond donors (Lipinski definition) is 2. The van der Waals surface area contributed by atoms with Gasteiger partial charge in [-0.05, 0) is 22.9 Å². The fourth-order valence-electron chi connectivity index (χ4n) is 1.29. The highest BCUT2D eigenvalue weighted by atomic mass is 35.5. The summed E-state index contributed by atoms with van der Waals surface area (Å²) >= 11 is 15.2. The summed E-state index contributed by atoms with van der Waals surface area (Å²) in [5.41, 5.74) is 2.74. The van der Waals surface area contributed by atoms with E-state index in [4.69, 9.17) is 29.0 Å². The zero-order valence-corrected chi connectivity index (χ0v) is 10.7. The molecule has 0 spiro atoms. The van der Waals surface area contributed by atoms with Crippen LogP contribution in [0.5, 0.6) is 0 Å². The minimum Gasteiger partial charge on any atom is -0.271 e. The highest BCUT2D eigenvalue weighted by Crippen LogP contribution is 2.37. The summed E-state index contributed by atoms with van der Waals surface area (Å²) in [6, 6.07) is 3.59. The fourth-order valence-corrected chi connectivity index (χ4v) is 3.84. The van der Waals surface area contributed by atoms with Crippen molar-refractivity contribution in [1.82, 2.24) is 5.43 Å². The Hall–Kier alpha value is -0.100. The molecule has 0 aliphatic carbocycles. The molecule has 0 aliphatic rings. The molecule has 0 amide bonds. The number of nitrogens with one attached hydrogen (secondary N) is 1. The van der Waals surface area contributed by atoms with Crippen LogP contribution in [-0.4, -0.2) is 0 Å². The topological polar surface area (TPSA) is 38.0 Å². The van der Waals surface area contributed by atoms with Crippen LogP contribution >= 0.6 is 45.9 Å². The first-order valence-electron chi connectivity index (χ1n) is 4.16. The highest BCUT2D eigenvalue weighted by Gasteiger charge is 2.20. The first-order valence-corrected chi connectivity index (χ1v) is 6.67. The molecule has 0 aliphatic heterocycles. The van der Waals surface area contributed by atoms with Crippen molar-refractivity contribution in [2.75, 3.05) is 0 Å². The maximum atomic E-state index is 6.06. The average Bonchev–Trinajstić information content (AvgIpc) is 2.80. The summed E-state index contributed by atoms with van der Waals surface area (Å²) in [7, 11) is 0. The number of hydrazine groups is 1. The molecule has 0 bridgehead atoms. The molecule has 6 heteroatoms. The Morgan fingerprint density at radius 2 is 1.53 bits per heavy atom. The van der Waals surface area contributed by atoms with Crippen molar-refractivity contribution in [3.8, 4) is 0 Å². The van der Waals surface area contributed by atoms with Crippen molar-refractivity contribution >= 4 is 45.9 Å². The van der Waals surface area contributed by atoms with Gasteiger partial charge in [0.15, 0.2) is 0 Å². The molecule has 2 rings (SSSR count). The normalized spacial score (nSPS) is 11.2. The third-order valence-corrected chi connectivity index (χ3v) is 4.83. The predicted octanol–water partition coefficient (Wildman–Crippen LogP) is 3.67. The molecule has 0 atom stereocenters. The van der Waals surface area contributed by atoms with Crippen molar-refractivity contribution in [2.45, 2.75) is 6.04 Å². The van der Waals surface area contributed by atoms with Crippen LogP contribution in [0, 0.1) is 0 Å². The molecule has 0 fully saturated rings. The Balaban J connectivity index is 2.41. The molecule has 0 aromatic carbocycles. The number of thiophene rings is 2. The van der Waals surface area contributed by atoms with Gasteiger partial charge in [0.25, 0.3) is 0 Å². The van der Waals surface area contributed by atoms with E-state index >= 15 is 0 Å². The Morgan fingerprint density at radius 1 is 1.07 bits per heavy atom. The molecule has 15 heavy (non-hydrogen) atoms. The van der Waals surface area contributed by atoms with Crippen LogP contribution in [0.25, 0.3) is 0 Å². The summed E-state index contributed by atoms with van der Waals surface area (Å²) in [6.45, 7) is 0. The molecule has 80 valence electrons. The van der Waals surface area contributed by atoms with E-state index in [9.17, 15) is 0 Å². The second-order valence-corrected chi connectivity index (χ2v) is 5.58. The largest absolute Gasteiger partial charge is 0.271 e. The van der Waals surface area contributed by atoms with Crippen LogP contribution in [0.3, 0.4) is 0 Å². The summed E-state index contributed by atoms with van der Waals surface area (Å²) < 4.78 is 0. The van der Waals surface area contributed by atoms with Gasteiger partial charge in [0.2, 0.25) is 0 Å². The lowest BCUT2D eigenvalue weighted by Crippen LogP contribution is -2.27. The monoisotopic (exact) mass is 278 g/mol. The zero-order chi connectivity index (χ0) is 10.8. The first kappa shape index (κ1) is 11.4. The lowest BCUT2D eigenvalue weighted by molar-refractivity contribution is 0.656. The number of halogens is 2. The quantitative estimate of drug-likeness (QED) is 0.664. The average molecular weight is 279 g/mol. The van der Waals surface area contributed by atoms with Gasteiger partial charge >= 0.3 is 0 Å². The van der Waals surface area contributed by atoms with E-state index in [1.165, 1.54) is 0 Å². The highest BCUT2D eigenvalue weighted by molar-refractivity contribution is 7.12. The van der Waals surface area contributed by atoms with Crippen molar-refractivity contribution in [2.24, 2.45) is 5.84 Å². The van der Waals surface area contributed by atoms with Gasteiger partial charge in [-0.1, -0.05) is 23.2 Å². The molecule has 0 saturated heterocycles. The van der Waals surface area contributed by atoms with E-state index in [1.807, 2.05) is 22.9 Å². The van der Waals surface area contributed by atoms with Gasteiger partial charge in [0.05, 0.1) is 16.1 Å². The molecular weight excluding hydrogens is 271 g/mol. The molecule has 0 unspecified atom stereocenters. The van der Waals surface area contributed by atoms with Crippen molar-refractivity contribution in [3.05, 3.63) is 42.7 Å². The summed E-state index contributed by atoms with van der Waals surface area (Å²) in [5, 5.41) is 5.30. The van der Waals surface area contributed by atoms with E-state index in [0.29, 0.717) is 10.0 Å².